The summed E-state index contributed by atoms with van der Waals surface area (Å²) < 4.78 is 32.9. The maximum absolute atomic E-state index is 12.3. The Bertz CT molecular complexity index is 872. The number of anilines is 1. The Morgan fingerprint density at radius 1 is 1.20 bits per heavy atom. The lowest BCUT2D eigenvalue weighted by molar-refractivity contribution is -0.117. The number of hydrogen-bond donors (Lipinski definition) is 2. The fraction of sp³-hybridized carbons (Fsp3) is 0.188. The number of carbonyl (C=O) groups excluding carboxylic acids is 1. The summed E-state index contributed by atoms with van der Waals surface area (Å²) in [5, 5.41) is 3.02. The van der Waals surface area contributed by atoms with E-state index in [-0.39, 0.29) is 4.90 Å². The molecule has 0 unspecified atom stereocenters. The van der Waals surface area contributed by atoms with E-state index in [4.69, 9.17) is 16.3 Å². The van der Waals surface area contributed by atoms with Crippen molar-refractivity contribution in [3.8, 4) is 5.75 Å². The van der Waals surface area contributed by atoms with Gasteiger partial charge in [-0.2, -0.15) is 4.72 Å². The van der Waals surface area contributed by atoms with Crippen molar-refractivity contribution in [3.05, 3.63) is 52.0 Å². The second-order valence-electron chi connectivity index (χ2n) is 5.13. The summed E-state index contributed by atoms with van der Waals surface area (Å²) in [5.74, 6) is -0.123. The first-order chi connectivity index (χ1) is 11.7. The van der Waals surface area contributed by atoms with Gasteiger partial charge in [-0.05, 0) is 49.4 Å². The Labute approximate surface area is 159 Å². The molecule has 0 saturated carbocycles. The van der Waals surface area contributed by atoms with E-state index in [2.05, 4.69) is 26.0 Å². The minimum Gasteiger partial charge on any atom is -0.495 e. The zero-order valence-electron chi connectivity index (χ0n) is 13.4. The highest BCUT2D eigenvalue weighted by Crippen LogP contribution is 2.27. The van der Waals surface area contributed by atoms with E-state index in [1.807, 2.05) is 0 Å². The van der Waals surface area contributed by atoms with Gasteiger partial charge in [-0.1, -0.05) is 27.5 Å². The van der Waals surface area contributed by atoms with Crippen LogP contribution in [0.1, 0.15) is 6.92 Å². The zero-order valence-corrected chi connectivity index (χ0v) is 16.6. The quantitative estimate of drug-likeness (QED) is 0.711. The molecule has 9 heteroatoms. The number of rotatable bonds is 6. The number of benzene rings is 2. The van der Waals surface area contributed by atoms with Gasteiger partial charge in [0.2, 0.25) is 15.9 Å². The van der Waals surface area contributed by atoms with Gasteiger partial charge < -0.3 is 10.1 Å². The second-order valence-corrected chi connectivity index (χ2v) is 8.20. The Morgan fingerprint density at radius 3 is 2.44 bits per heavy atom. The molecule has 0 spiro atoms. The molecule has 2 rings (SSSR count). The molecule has 134 valence electrons. The van der Waals surface area contributed by atoms with Crippen molar-refractivity contribution in [2.75, 3.05) is 12.4 Å². The topological polar surface area (TPSA) is 84.5 Å². The molecule has 2 aromatic carbocycles. The Hall–Kier alpha value is -1.61. The molecule has 2 aromatic rings. The summed E-state index contributed by atoms with van der Waals surface area (Å²) in [6.45, 7) is 1.45. The van der Waals surface area contributed by atoms with Gasteiger partial charge in [0.1, 0.15) is 5.75 Å². The van der Waals surface area contributed by atoms with Crippen LogP contribution in [0.15, 0.2) is 51.8 Å². The lowest BCUT2D eigenvalue weighted by Gasteiger charge is -2.16. The van der Waals surface area contributed by atoms with Crippen molar-refractivity contribution in [2.24, 2.45) is 0 Å². The van der Waals surface area contributed by atoms with E-state index in [9.17, 15) is 13.2 Å². The monoisotopic (exact) mass is 446 g/mol. The van der Waals surface area contributed by atoms with Crippen molar-refractivity contribution in [1.82, 2.24) is 4.72 Å². The maximum atomic E-state index is 12.3. The lowest BCUT2D eigenvalue weighted by Crippen LogP contribution is -2.41. The van der Waals surface area contributed by atoms with Crippen LogP contribution in [-0.2, 0) is 14.8 Å². The van der Waals surface area contributed by atoms with Gasteiger partial charge >= 0.3 is 0 Å². The van der Waals surface area contributed by atoms with E-state index in [1.54, 1.807) is 24.3 Å². The van der Waals surface area contributed by atoms with Crippen molar-refractivity contribution in [1.29, 1.82) is 0 Å². The molecule has 1 amide bonds. The van der Waals surface area contributed by atoms with Crippen molar-refractivity contribution >= 4 is 49.1 Å². The third-order valence-electron chi connectivity index (χ3n) is 3.27. The molecule has 0 radical (unpaired) electrons. The largest absolute Gasteiger partial charge is 0.495 e. The minimum absolute atomic E-state index is 0.0655. The summed E-state index contributed by atoms with van der Waals surface area (Å²) >= 11 is 9.15. The molecule has 25 heavy (non-hydrogen) atoms. The average Bonchev–Trinajstić information content (AvgIpc) is 2.55. The third kappa shape index (κ3) is 5.18. The first-order valence-corrected chi connectivity index (χ1v) is 9.80. The Morgan fingerprint density at radius 2 is 1.84 bits per heavy atom. The first kappa shape index (κ1) is 19.7. The first-order valence-electron chi connectivity index (χ1n) is 7.15. The predicted molar refractivity (Wildman–Crippen MR) is 101 cm³/mol. The summed E-state index contributed by atoms with van der Waals surface area (Å²) in [6, 6.07) is 9.84. The summed E-state index contributed by atoms with van der Waals surface area (Å²) in [5.41, 5.74) is 0.356. The zero-order chi connectivity index (χ0) is 18.6. The molecule has 0 aliphatic carbocycles. The summed E-state index contributed by atoms with van der Waals surface area (Å²) in [7, 11) is -2.37. The molecule has 0 heterocycles. The number of ether oxygens (including phenoxy) is 1. The standard InChI is InChI=1S/C16H16BrClN2O4S/c1-10(20-25(22,23)13-6-3-11(17)4-7-13)16(21)19-14-9-12(18)5-8-15(14)24-2/h3-10,20H,1-2H3,(H,19,21)/t10-/m1/s1. The van der Waals surface area contributed by atoms with Gasteiger partial charge in [0.05, 0.1) is 23.7 Å². The SMILES string of the molecule is COc1ccc(Cl)cc1NC(=O)[C@@H](C)NS(=O)(=O)c1ccc(Br)cc1. The highest BCUT2D eigenvalue weighted by Gasteiger charge is 2.22. The van der Waals surface area contributed by atoms with Crippen LogP contribution in [-0.4, -0.2) is 27.5 Å². The van der Waals surface area contributed by atoms with E-state index < -0.39 is 22.0 Å². The molecule has 0 bridgehead atoms. The van der Waals surface area contributed by atoms with E-state index in [0.717, 1.165) is 4.47 Å². The number of hydrogen-bond acceptors (Lipinski definition) is 4. The molecular weight excluding hydrogens is 432 g/mol. The van der Waals surface area contributed by atoms with Gasteiger partial charge in [-0.3, -0.25) is 4.79 Å². The van der Waals surface area contributed by atoms with Crippen LogP contribution in [0.4, 0.5) is 5.69 Å². The van der Waals surface area contributed by atoms with E-state index >= 15 is 0 Å². The number of nitrogens with one attached hydrogen (secondary N) is 2. The average molecular weight is 448 g/mol. The molecule has 1 atom stereocenters. The van der Waals surface area contributed by atoms with E-state index in [1.165, 1.54) is 32.2 Å². The summed E-state index contributed by atoms with van der Waals surface area (Å²) in [6.07, 6.45) is 0. The molecular formula is C16H16BrClN2O4S. The number of sulfonamides is 1. The molecule has 0 aromatic heterocycles. The van der Waals surface area contributed by atoms with Gasteiger partial charge in [0.15, 0.2) is 0 Å². The second kappa shape index (κ2) is 8.18. The van der Waals surface area contributed by atoms with Crippen LogP contribution >= 0.6 is 27.5 Å². The smallest absolute Gasteiger partial charge is 0.242 e. The number of amides is 1. The lowest BCUT2D eigenvalue weighted by atomic mass is 10.2. The fourth-order valence-electron chi connectivity index (χ4n) is 1.99. The normalized spacial score (nSPS) is 12.5. The van der Waals surface area contributed by atoms with E-state index in [0.29, 0.717) is 16.5 Å². The van der Waals surface area contributed by atoms with Crippen molar-refractivity contribution in [2.45, 2.75) is 17.9 Å². The van der Waals surface area contributed by atoms with Crippen LogP contribution in [0.25, 0.3) is 0 Å². The van der Waals surface area contributed by atoms with Crippen LogP contribution in [0.3, 0.4) is 0 Å². The van der Waals surface area contributed by atoms with Crippen LogP contribution in [0.5, 0.6) is 5.75 Å². The third-order valence-corrected chi connectivity index (χ3v) is 5.59. The van der Waals surface area contributed by atoms with Gasteiger partial charge in [0, 0.05) is 9.50 Å². The molecule has 0 aliphatic heterocycles. The highest BCUT2D eigenvalue weighted by molar-refractivity contribution is 9.10. The Balaban J connectivity index is 2.12. The van der Waals surface area contributed by atoms with Gasteiger partial charge in [-0.25, -0.2) is 8.42 Å². The predicted octanol–water partition coefficient (Wildman–Crippen LogP) is 3.42. The molecule has 6 nitrogen and oxygen atoms in total. The number of halogens is 2. The minimum atomic E-state index is -3.83. The maximum Gasteiger partial charge on any atom is 0.242 e. The number of methoxy groups -OCH3 is 1. The highest BCUT2D eigenvalue weighted by atomic mass is 79.9. The van der Waals surface area contributed by atoms with Crippen LogP contribution in [0, 0.1) is 0 Å². The fourth-order valence-corrected chi connectivity index (χ4v) is 3.63. The van der Waals surface area contributed by atoms with Crippen molar-refractivity contribution in [3.63, 3.8) is 0 Å². The molecule has 2 N–H and O–H groups in total. The van der Waals surface area contributed by atoms with Gasteiger partial charge in [0.25, 0.3) is 0 Å². The molecule has 0 saturated heterocycles. The van der Waals surface area contributed by atoms with Gasteiger partial charge in [-0.15, -0.1) is 0 Å². The Kier molecular flexibility index (Phi) is 6.45. The van der Waals surface area contributed by atoms with Crippen LogP contribution in [0.2, 0.25) is 5.02 Å². The summed E-state index contributed by atoms with van der Waals surface area (Å²) in [4.78, 5) is 12.4. The van der Waals surface area contributed by atoms with Crippen molar-refractivity contribution < 1.29 is 17.9 Å². The van der Waals surface area contributed by atoms with Crippen LogP contribution < -0.4 is 14.8 Å². The number of carbonyl (C=O) groups is 1. The molecule has 0 fully saturated rings. The molecule has 0 aliphatic rings.